The summed E-state index contributed by atoms with van der Waals surface area (Å²) in [7, 11) is 1.32. The zero-order chi connectivity index (χ0) is 18.0. The highest BCUT2D eigenvalue weighted by Crippen LogP contribution is 2.39. The Morgan fingerprint density at radius 3 is 2.72 bits per heavy atom. The third-order valence-corrected chi connectivity index (χ3v) is 4.70. The van der Waals surface area contributed by atoms with E-state index in [4.69, 9.17) is 4.74 Å². The van der Waals surface area contributed by atoms with Crippen LogP contribution in [0, 0.1) is 0 Å². The zero-order valence-corrected chi connectivity index (χ0v) is 14.9. The number of rotatable bonds is 4. The number of nitrogens with zero attached hydrogens (tertiary/aromatic N) is 2. The number of thioether (sulfide) groups is 1. The number of hydrogen-bond acceptors (Lipinski definition) is 7. The van der Waals surface area contributed by atoms with Crippen LogP contribution in [0.5, 0.6) is 0 Å². The van der Waals surface area contributed by atoms with Gasteiger partial charge in [-0.05, 0) is 30.4 Å². The first-order valence-corrected chi connectivity index (χ1v) is 8.78. The molecule has 3 rings (SSSR count). The van der Waals surface area contributed by atoms with E-state index >= 15 is 0 Å². The first-order chi connectivity index (χ1) is 12.1. The van der Waals surface area contributed by atoms with Crippen molar-refractivity contribution in [2.45, 2.75) is 24.9 Å². The smallest absolute Gasteiger partial charge is 0.336 e. The summed E-state index contributed by atoms with van der Waals surface area (Å²) in [5.41, 5.74) is 1.92. The van der Waals surface area contributed by atoms with Crippen molar-refractivity contribution < 1.29 is 9.53 Å². The zero-order valence-electron chi connectivity index (χ0n) is 14.1. The fraction of sp³-hybridized carbons (Fsp3) is 0.294. The molecule has 0 aliphatic carbocycles. The van der Waals surface area contributed by atoms with Crippen LogP contribution >= 0.6 is 11.8 Å². The van der Waals surface area contributed by atoms with Gasteiger partial charge in [0.15, 0.2) is 5.16 Å². The molecular weight excluding hydrogens is 340 g/mol. The van der Waals surface area contributed by atoms with Crippen molar-refractivity contribution in [2.24, 2.45) is 0 Å². The van der Waals surface area contributed by atoms with E-state index in [1.165, 1.54) is 18.9 Å². The number of H-pyrrole nitrogens is 1. The van der Waals surface area contributed by atoms with Crippen LogP contribution in [0.3, 0.4) is 0 Å². The third kappa shape index (κ3) is 3.17. The third-order valence-electron chi connectivity index (χ3n) is 3.95. The van der Waals surface area contributed by atoms with Crippen molar-refractivity contribution in [3.05, 3.63) is 57.3 Å². The molecule has 1 atom stereocenters. The van der Waals surface area contributed by atoms with Crippen molar-refractivity contribution in [3.63, 3.8) is 0 Å². The van der Waals surface area contributed by atoms with Crippen LogP contribution in [0.1, 0.15) is 30.9 Å². The van der Waals surface area contributed by atoms with Gasteiger partial charge in [0.2, 0.25) is 0 Å². The average Bonchev–Trinajstić information content (AvgIpc) is 2.61. The molecule has 2 N–H and O–H groups in total. The van der Waals surface area contributed by atoms with Gasteiger partial charge in [-0.3, -0.25) is 9.78 Å². The number of esters is 1. The van der Waals surface area contributed by atoms with Crippen molar-refractivity contribution in [1.82, 2.24) is 15.0 Å². The van der Waals surface area contributed by atoms with Crippen LogP contribution in [0.15, 0.2) is 45.7 Å². The average molecular weight is 358 g/mol. The molecular formula is C17H18N4O3S. The van der Waals surface area contributed by atoms with E-state index in [9.17, 15) is 9.59 Å². The minimum Gasteiger partial charge on any atom is -0.466 e. The van der Waals surface area contributed by atoms with E-state index in [1.54, 1.807) is 31.5 Å². The van der Waals surface area contributed by atoms with Gasteiger partial charge in [-0.15, -0.1) is 0 Å². The molecule has 0 spiro atoms. The van der Waals surface area contributed by atoms with Crippen LogP contribution in [0.2, 0.25) is 0 Å². The molecule has 1 aliphatic heterocycles. The maximum Gasteiger partial charge on any atom is 0.336 e. The van der Waals surface area contributed by atoms with E-state index in [0.717, 1.165) is 11.3 Å². The molecule has 0 amide bonds. The topological polar surface area (TPSA) is 97.0 Å². The van der Waals surface area contributed by atoms with Gasteiger partial charge in [-0.2, -0.15) is 0 Å². The number of nitrogens with one attached hydrogen (secondary N) is 2. The SMILES string of the molecule is CCSc1nc2c(c(=O)[nH]1)[C@H](c1ccncc1)C(C(=O)OC)=C(C)N2. The molecule has 0 saturated heterocycles. The predicted molar refractivity (Wildman–Crippen MR) is 95.7 cm³/mol. The number of carbonyl (C=O) groups is 1. The molecule has 0 aromatic carbocycles. The lowest BCUT2D eigenvalue weighted by Gasteiger charge is -2.28. The number of ether oxygens (including phenoxy) is 1. The second-order valence-corrected chi connectivity index (χ2v) is 6.69. The number of allylic oxidation sites excluding steroid dienone is 1. The molecule has 0 unspecified atom stereocenters. The molecule has 0 radical (unpaired) electrons. The molecule has 130 valence electrons. The highest BCUT2D eigenvalue weighted by molar-refractivity contribution is 7.99. The number of aromatic nitrogens is 3. The lowest BCUT2D eigenvalue weighted by molar-refractivity contribution is -0.136. The van der Waals surface area contributed by atoms with Gasteiger partial charge in [0, 0.05) is 18.1 Å². The van der Waals surface area contributed by atoms with Gasteiger partial charge in [0.1, 0.15) is 5.82 Å². The number of fused-ring (bicyclic) bond motifs is 1. The lowest BCUT2D eigenvalue weighted by Crippen LogP contribution is -2.31. The molecule has 25 heavy (non-hydrogen) atoms. The molecule has 7 nitrogen and oxygen atoms in total. The van der Waals surface area contributed by atoms with E-state index in [-0.39, 0.29) is 5.56 Å². The van der Waals surface area contributed by atoms with E-state index < -0.39 is 11.9 Å². The summed E-state index contributed by atoms with van der Waals surface area (Å²) < 4.78 is 4.94. The Kier molecular flexibility index (Phi) is 4.89. The quantitative estimate of drug-likeness (QED) is 0.492. The molecule has 2 aromatic heterocycles. The van der Waals surface area contributed by atoms with E-state index in [0.29, 0.717) is 27.8 Å². The first-order valence-electron chi connectivity index (χ1n) is 7.79. The molecule has 8 heteroatoms. The largest absolute Gasteiger partial charge is 0.466 e. The van der Waals surface area contributed by atoms with Crippen LogP contribution in [0.4, 0.5) is 5.82 Å². The summed E-state index contributed by atoms with van der Waals surface area (Å²) in [6.07, 6.45) is 3.26. The maximum absolute atomic E-state index is 12.8. The summed E-state index contributed by atoms with van der Waals surface area (Å²) in [5.74, 6) is 0.205. The van der Waals surface area contributed by atoms with Gasteiger partial charge in [0.05, 0.1) is 24.2 Å². The molecule has 0 fully saturated rings. The van der Waals surface area contributed by atoms with Crippen LogP contribution in [-0.2, 0) is 9.53 Å². The highest BCUT2D eigenvalue weighted by Gasteiger charge is 2.36. The second kappa shape index (κ2) is 7.10. The van der Waals surface area contributed by atoms with Crippen LogP contribution < -0.4 is 10.9 Å². The summed E-state index contributed by atoms with van der Waals surface area (Å²) in [4.78, 5) is 36.5. The number of methoxy groups -OCH3 is 1. The maximum atomic E-state index is 12.8. The monoisotopic (exact) mass is 358 g/mol. The molecule has 1 aliphatic rings. The summed E-state index contributed by atoms with van der Waals surface area (Å²) in [6, 6.07) is 3.56. The lowest BCUT2D eigenvalue weighted by atomic mass is 9.83. The minimum atomic E-state index is -0.566. The molecule has 3 heterocycles. The Morgan fingerprint density at radius 2 is 2.08 bits per heavy atom. The number of anilines is 1. The van der Waals surface area contributed by atoms with E-state index in [2.05, 4.69) is 20.3 Å². The number of carbonyl (C=O) groups excluding carboxylic acids is 1. The van der Waals surface area contributed by atoms with E-state index in [1.807, 2.05) is 6.92 Å². The molecule has 2 aromatic rings. The van der Waals surface area contributed by atoms with Crippen molar-refractivity contribution in [3.8, 4) is 0 Å². The van der Waals surface area contributed by atoms with Gasteiger partial charge in [-0.25, -0.2) is 9.78 Å². The minimum absolute atomic E-state index is 0.274. The Balaban J connectivity index is 2.25. The normalized spacial score (nSPS) is 16.2. The van der Waals surface area contributed by atoms with Crippen molar-refractivity contribution in [1.29, 1.82) is 0 Å². The number of hydrogen-bond donors (Lipinski definition) is 2. The standard InChI is InChI=1S/C17H18N4O3S/c1-4-25-17-20-14-13(15(22)21-17)12(10-5-7-18-8-6-10)11(9(2)19-14)16(23)24-3/h5-8,12H,4H2,1-3H3,(H2,19,20,21,22)/t12-/m1/s1. The summed E-state index contributed by atoms with van der Waals surface area (Å²) >= 11 is 1.45. The first kappa shape index (κ1) is 17.2. The molecule has 0 saturated carbocycles. The Bertz CT molecular complexity index is 893. The summed E-state index contributed by atoms with van der Waals surface area (Å²) in [6.45, 7) is 3.76. The van der Waals surface area contributed by atoms with Crippen LogP contribution in [0.25, 0.3) is 0 Å². The van der Waals surface area contributed by atoms with Crippen molar-refractivity contribution >= 4 is 23.5 Å². The van der Waals surface area contributed by atoms with Gasteiger partial charge in [-0.1, -0.05) is 18.7 Å². The van der Waals surface area contributed by atoms with Gasteiger partial charge >= 0.3 is 5.97 Å². The molecule has 0 bridgehead atoms. The van der Waals surface area contributed by atoms with Crippen LogP contribution in [-0.4, -0.2) is 33.8 Å². The van der Waals surface area contributed by atoms with Gasteiger partial charge < -0.3 is 15.0 Å². The number of pyridine rings is 1. The number of aromatic amines is 1. The Hall–Kier alpha value is -2.61. The second-order valence-electron chi connectivity index (χ2n) is 5.44. The summed E-state index contributed by atoms with van der Waals surface area (Å²) in [5, 5.41) is 3.63. The fourth-order valence-corrected chi connectivity index (χ4v) is 3.50. The van der Waals surface area contributed by atoms with Gasteiger partial charge in [0.25, 0.3) is 5.56 Å². The highest BCUT2D eigenvalue weighted by atomic mass is 32.2. The fourth-order valence-electron chi connectivity index (χ4n) is 2.91. The Labute approximate surface area is 148 Å². The predicted octanol–water partition coefficient (Wildman–Crippen LogP) is 2.28. The van der Waals surface area contributed by atoms with Crippen molar-refractivity contribution in [2.75, 3.05) is 18.2 Å². The Morgan fingerprint density at radius 1 is 1.36 bits per heavy atom.